The van der Waals surface area contributed by atoms with Gasteiger partial charge in [-0.2, -0.15) is 5.10 Å². The van der Waals surface area contributed by atoms with E-state index in [1.165, 1.54) is 25.7 Å². The number of nitrogens with one attached hydrogen (secondary N) is 1. The number of nitrogens with zero attached hydrogens (tertiary/aromatic N) is 3. The average Bonchev–Trinajstić information content (AvgIpc) is 2.76. The van der Waals surface area contributed by atoms with Crippen molar-refractivity contribution in [3.63, 3.8) is 0 Å². The van der Waals surface area contributed by atoms with E-state index in [1.54, 1.807) is 0 Å². The lowest BCUT2D eigenvalue weighted by atomic mass is 9.83. The number of aromatic nitrogens is 3. The summed E-state index contributed by atoms with van der Waals surface area (Å²) in [6.45, 7) is 7.57. The van der Waals surface area contributed by atoms with Crippen LogP contribution in [0.5, 0.6) is 0 Å². The number of hydrogen-bond acceptors (Lipinski definition) is 3. The van der Waals surface area contributed by atoms with Crippen LogP contribution in [0.2, 0.25) is 0 Å². The molecule has 0 atom stereocenters. The van der Waals surface area contributed by atoms with Gasteiger partial charge in [-0.25, -0.2) is 9.50 Å². The maximum Gasteiger partial charge on any atom is 0.152 e. The van der Waals surface area contributed by atoms with Gasteiger partial charge in [0.25, 0.3) is 0 Å². The molecule has 0 radical (unpaired) electrons. The Morgan fingerprint density at radius 1 is 1.35 bits per heavy atom. The maximum absolute atomic E-state index is 4.65. The van der Waals surface area contributed by atoms with E-state index in [4.69, 9.17) is 0 Å². The van der Waals surface area contributed by atoms with Gasteiger partial charge in [-0.15, -0.1) is 0 Å². The summed E-state index contributed by atoms with van der Waals surface area (Å²) in [6, 6.07) is 2.15. The third-order valence-electron chi connectivity index (χ3n) is 4.23. The number of rotatable bonds is 4. The zero-order valence-electron chi connectivity index (χ0n) is 12.7. The fourth-order valence-electron chi connectivity index (χ4n) is 2.60. The summed E-state index contributed by atoms with van der Waals surface area (Å²) in [5, 5.41) is 8.13. The molecule has 0 aliphatic heterocycles. The van der Waals surface area contributed by atoms with Crippen LogP contribution >= 0.6 is 0 Å². The van der Waals surface area contributed by atoms with Gasteiger partial charge in [-0.1, -0.05) is 40.0 Å². The highest BCUT2D eigenvalue weighted by Crippen LogP contribution is 2.29. The molecule has 1 saturated carbocycles. The lowest BCUT2D eigenvalue weighted by molar-refractivity contribution is 0.303. The molecule has 2 heterocycles. The molecule has 0 unspecified atom stereocenters. The molecule has 0 bridgehead atoms. The molecule has 0 spiro atoms. The first-order valence-corrected chi connectivity index (χ1v) is 7.63. The van der Waals surface area contributed by atoms with Crippen LogP contribution in [-0.2, 0) is 5.41 Å². The van der Waals surface area contributed by atoms with Crippen LogP contribution in [0.4, 0.5) is 5.82 Å². The Balaban J connectivity index is 1.77. The molecule has 1 aliphatic rings. The summed E-state index contributed by atoms with van der Waals surface area (Å²) in [5.74, 6) is 1.88. The van der Waals surface area contributed by atoms with Gasteiger partial charge in [0.15, 0.2) is 5.82 Å². The first-order valence-electron chi connectivity index (χ1n) is 7.63. The van der Waals surface area contributed by atoms with Crippen molar-refractivity contribution in [3.05, 3.63) is 24.2 Å². The van der Waals surface area contributed by atoms with Crippen molar-refractivity contribution in [2.75, 3.05) is 11.9 Å². The smallest absolute Gasteiger partial charge is 0.152 e. The molecule has 0 aromatic carbocycles. The molecule has 20 heavy (non-hydrogen) atoms. The van der Waals surface area contributed by atoms with Gasteiger partial charge in [0.2, 0.25) is 0 Å². The Bertz CT molecular complexity index is 590. The first-order chi connectivity index (χ1) is 9.54. The van der Waals surface area contributed by atoms with E-state index in [0.29, 0.717) is 0 Å². The van der Waals surface area contributed by atoms with Gasteiger partial charge in [-0.3, -0.25) is 0 Å². The molecular weight excluding hydrogens is 248 g/mol. The molecule has 0 saturated heterocycles. The van der Waals surface area contributed by atoms with Crippen LogP contribution in [0.25, 0.3) is 5.52 Å². The Kier molecular flexibility index (Phi) is 3.40. The zero-order chi connectivity index (χ0) is 14.2. The average molecular weight is 272 g/mol. The van der Waals surface area contributed by atoms with Crippen LogP contribution in [0.3, 0.4) is 0 Å². The van der Waals surface area contributed by atoms with Crippen molar-refractivity contribution >= 4 is 11.3 Å². The second kappa shape index (κ2) is 5.08. The fraction of sp³-hybridized carbons (Fsp3) is 0.625. The topological polar surface area (TPSA) is 42.2 Å². The van der Waals surface area contributed by atoms with Gasteiger partial charge >= 0.3 is 0 Å². The monoisotopic (exact) mass is 272 g/mol. The largest absolute Gasteiger partial charge is 0.368 e. The highest BCUT2D eigenvalue weighted by molar-refractivity contribution is 5.68. The quantitative estimate of drug-likeness (QED) is 0.924. The van der Waals surface area contributed by atoms with Gasteiger partial charge in [0, 0.05) is 24.4 Å². The second-order valence-corrected chi connectivity index (χ2v) is 6.90. The van der Waals surface area contributed by atoms with E-state index in [-0.39, 0.29) is 5.41 Å². The maximum atomic E-state index is 4.65. The van der Waals surface area contributed by atoms with Gasteiger partial charge in [-0.05, 0) is 18.4 Å². The Labute approximate surface area is 120 Å². The SMILES string of the molecule is CC(C)(C)c1cc2c(NCCC3CCC3)nccn2n1. The first kappa shape index (κ1) is 13.4. The number of hydrogen-bond donors (Lipinski definition) is 1. The van der Waals surface area contributed by atoms with Crippen LogP contribution in [0.15, 0.2) is 18.5 Å². The van der Waals surface area contributed by atoms with Crippen molar-refractivity contribution in [3.8, 4) is 0 Å². The van der Waals surface area contributed by atoms with E-state index in [1.807, 2.05) is 16.9 Å². The van der Waals surface area contributed by atoms with Crippen LogP contribution in [0.1, 0.15) is 52.1 Å². The summed E-state index contributed by atoms with van der Waals surface area (Å²) < 4.78 is 1.93. The lowest BCUT2D eigenvalue weighted by Crippen LogP contribution is -2.16. The molecule has 3 rings (SSSR count). The fourth-order valence-corrected chi connectivity index (χ4v) is 2.60. The Hall–Kier alpha value is -1.58. The second-order valence-electron chi connectivity index (χ2n) is 6.90. The summed E-state index contributed by atoms with van der Waals surface area (Å²) in [7, 11) is 0. The number of fused-ring (bicyclic) bond motifs is 1. The lowest BCUT2D eigenvalue weighted by Gasteiger charge is -2.25. The van der Waals surface area contributed by atoms with Gasteiger partial charge in [0.05, 0.1) is 5.69 Å². The van der Waals surface area contributed by atoms with Crippen LogP contribution < -0.4 is 5.32 Å². The van der Waals surface area contributed by atoms with Crippen LogP contribution in [0, 0.1) is 5.92 Å². The minimum Gasteiger partial charge on any atom is -0.368 e. The molecule has 2 aromatic heterocycles. The third-order valence-corrected chi connectivity index (χ3v) is 4.23. The summed E-state index contributed by atoms with van der Waals surface area (Å²) in [5.41, 5.74) is 2.24. The summed E-state index contributed by atoms with van der Waals surface area (Å²) >= 11 is 0. The third kappa shape index (κ3) is 2.65. The molecule has 1 aliphatic carbocycles. The van der Waals surface area contributed by atoms with Gasteiger partial charge in [0.1, 0.15) is 5.52 Å². The van der Waals surface area contributed by atoms with Crippen molar-refractivity contribution < 1.29 is 0 Å². The van der Waals surface area contributed by atoms with Crippen LogP contribution in [-0.4, -0.2) is 21.1 Å². The Morgan fingerprint density at radius 3 is 2.80 bits per heavy atom. The molecular formula is C16H24N4. The highest BCUT2D eigenvalue weighted by atomic mass is 15.2. The highest BCUT2D eigenvalue weighted by Gasteiger charge is 2.19. The van der Waals surface area contributed by atoms with E-state index in [0.717, 1.165) is 29.5 Å². The van der Waals surface area contributed by atoms with Crippen molar-refractivity contribution in [2.24, 2.45) is 5.92 Å². The zero-order valence-corrected chi connectivity index (χ0v) is 12.7. The van der Waals surface area contributed by atoms with Gasteiger partial charge < -0.3 is 5.32 Å². The molecule has 1 fully saturated rings. The molecule has 1 N–H and O–H groups in total. The van der Waals surface area contributed by atoms with Crippen molar-refractivity contribution in [1.82, 2.24) is 14.6 Å². The predicted octanol–water partition coefficient (Wildman–Crippen LogP) is 3.63. The predicted molar refractivity (Wildman–Crippen MR) is 82.1 cm³/mol. The molecule has 4 nitrogen and oxygen atoms in total. The summed E-state index contributed by atoms with van der Waals surface area (Å²) in [6.07, 6.45) is 9.21. The minimum atomic E-state index is 0.0647. The molecule has 108 valence electrons. The standard InChI is InChI=1S/C16H24N4/c1-16(2,3)14-11-13-15(18-9-10-20(13)19-14)17-8-7-12-5-4-6-12/h9-12H,4-8H2,1-3H3,(H,17,18). The van der Waals surface area contributed by atoms with Crippen molar-refractivity contribution in [1.29, 1.82) is 0 Å². The molecule has 0 amide bonds. The van der Waals surface area contributed by atoms with E-state index in [2.05, 4.69) is 42.2 Å². The van der Waals surface area contributed by atoms with E-state index < -0.39 is 0 Å². The van der Waals surface area contributed by atoms with E-state index >= 15 is 0 Å². The van der Waals surface area contributed by atoms with E-state index in [9.17, 15) is 0 Å². The minimum absolute atomic E-state index is 0.0647. The summed E-state index contributed by atoms with van der Waals surface area (Å²) in [4.78, 5) is 4.47. The Morgan fingerprint density at radius 2 is 2.15 bits per heavy atom. The van der Waals surface area contributed by atoms with Crippen molar-refractivity contribution in [2.45, 2.75) is 51.9 Å². The normalized spacial score (nSPS) is 16.4. The number of anilines is 1. The molecule has 2 aromatic rings. The molecule has 4 heteroatoms.